The third kappa shape index (κ3) is 3.11. The molecule has 0 radical (unpaired) electrons. The van der Waals surface area contributed by atoms with E-state index in [0.717, 1.165) is 35.1 Å². The summed E-state index contributed by atoms with van der Waals surface area (Å²) >= 11 is 0. The number of ether oxygens (including phenoxy) is 1. The van der Waals surface area contributed by atoms with E-state index in [2.05, 4.69) is 70.8 Å². The molecule has 7 heteroatoms. The summed E-state index contributed by atoms with van der Waals surface area (Å²) in [6.07, 6.45) is 3.68. The minimum atomic E-state index is -0.525. The van der Waals surface area contributed by atoms with Crippen LogP contribution in [0.1, 0.15) is 50.0 Å². The Balaban J connectivity index is 1.69. The Kier molecular flexibility index (Phi) is 5.01. The molecule has 32 heavy (non-hydrogen) atoms. The van der Waals surface area contributed by atoms with E-state index in [1.807, 2.05) is 13.1 Å². The van der Waals surface area contributed by atoms with Gasteiger partial charge in [0.05, 0.1) is 6.61 Å². The zero-order chi connectivity index (χ0) is 22.5. The Hall–Kier alpha value is -3.19. The van der Waals surface area contributed by atoms with Gasteiger partial charge >= 0.3 is 5.76 Å². The van der Waals surface area contributed by atoms with Gasteiger partial charge < -0.3 is 9.30 Å². The molecule has 0 amide bonds. The number of pyridine rings is 1. The molecule has 3 heterocycles. The van der Waals surface area contributed by atoms with Crippen LogP contribution in [-0.2, 0) is 23.3 Å². The number of nitrogens with one attached hydrogen (secondary N) is 1. The van der Waals surface area contributed by atoms with Gasteiger partial charge in [-0.2, -0.15) is 0 Å². The van der Waals surface area contributed by atoms with Crippen LogP contribution in [-0.4, -0.2) is 26.3 Å². The van der Waals surface area contributed by atoms with E-state index in [4.69, 9.17) is 9.26 Å². The predicted octanol–water partition coefficient (Wildman–Crippen LogP) is 4.57. The molecule has 1 aromatic carbocycles. The molecule has 1 N–H and O–H groups in total. The van der Waals surface area contributed by atoms with Gasteiger partial charge in [0.1, 0.15) is 5.54 Å². The van der Waals surface area contributed by atoms with Crippen LogP contribution >= 0.6 is 0 Å². The molecule has 2 atom stereocenters. The van der Waals surface area contributed by atoms with Gasteiger partial charge in [-0.15, -0.1) is 0 Å². The molecule has 1 aliphatic rings. The van der Waals surface area contributed by atoms with Crippen LogP contribution in [0.4, 0.5) is 0 Å². The molecule has 3 aromatic heterocycles. The highest BCUT2D eigenvalue weighted by atomic mass is 16.5. The highest BCUT2D eigenvalue weighted by Crippen LogP contribution is 2.55. The average Bonchev–Trinajstić information content (AvgIpc) is 3.11. The number of hydrogen-bond donors (Lipinski definition) is 1. The lowest BCUT2D eigenvalue weighted by atomic mass is 9.98. The van der Waals surface area contributed by atoms with Crippen molar-refractivity contribution in [1.29, 1.82) is 0 Å². The Morgan fingerprint density at radius 2 is 2.09 bits per heavy atom. The van der Waals surface area contributed by atoms with Crippen molar-refractivity contribution in [1.82, 2.24) is 19.7 Å². The van der Waals surface area contributed by atoms with Crippen LogP contribution in [0.5, 0.6) is 0 Å². The Bertz CT molecular complexity index is 1350. The normalized spacial score (nSPS) is 20.2. The summed E-state index contributed by atoms with van der Waals surface area (Å²) in [4.78, 5) is 19.0. The molecule has 5 rings (SSSR count). The number of rotatable bonds is 7. The molecule has 0 spiro atoms. The van der Waals surface area contributed by atoms with Crippen molar-refractivity contribution in [3.63, 3.8) is 0 Å². The lowest BCUT2D eigenvalue weighted by Gasteiger charge is -2.21. The van der Waals surface area contributed by atoms with Gasteiger partial charge in [0.25, 0.3) is 0 Å². The van der Waals surface area contributed by atoms with E-state index in [1.165, 1.54) is 16.7 Å². The van der Waals surface area contributed by atoms with Crippen LogP contribution in [0, 0.1) is 12.8 Å². The molecule has 1 aliphatic carbocycles. The Labute approximate surface area is 186 Å². The van der Waals surface area contributed by atoms with Crippen LogP contribution in [0.15, 0.2) is 45.8 Å². The zero-order valence-corrected chi connectivity index (χ0v) is 18.9. The monoisotopic (exact) mass is 432 g/mol. The average molecular weight is 433 g/mol. The number of benzene rings is 1. The predicted molar refractivity (Wildman–Crippen MR) is 123 cm³/mol. The van der Waals surface area contributed by atoms with Gasteiger partial charge in [-0.3, -0.25) is 14.5 Å². The molecule has 0 bridgehead atoms. The molecule has 0 saturated heterocycles. The van der Waals surface area contributed by atoms with Gasteiger partial charge in [-0.1, -0.05) is 25.1 Å². The zero-order valence-electron chi connectivity index (χ0n) is 18.9. The Morgan fingerprint density at radius 1 is 1.28 bits per heavy atom. The number of aromatic nitrogens is 4. The number of H-pyrrole nitrogens is 1. The van der Waals surface area contributed by atoms with E-state index in [9.17, 15) is 4.79 Å². The molecule has 7 nitrogen and oxygen atoms in total. The van der Waals surface area contributed by atoms with Crippen LogP contribution in [0.2, 0.25) is 0 Å². The van der Waals surface area contributed by atoms with Crippen molar-refractivity contribution < 1.29 is 9.26 Å². The standard InChI is InChI=1S/C25H28N4O3/c1-5-21-16(4)20(9-10-26-21)17-7-8-22-18(11-17)12-19(14-31-6-2)29(22)25(13-15(25)3)23-27-24(30)32-28-23/h7-12,15H,5-6,13-14H2,1-4H3,(H,27,28,30)/t15-,25+/m1/s1. The van der Waals surface area contributed by atoms with Crippen LogP contribution < -0.4 is 5.76 Å². The molecule has 1 fully saturated rings. The molecule has 4 aromatic rings. The largest absolute Gasteiger partial charge is 0.438 e. The van der Waals surface area contributed by atoms with Gasteiger partial charge in [-0.05, 0) is 73.6 Å². The second kappa shape index (κ2) is 7.74. The number of aryl methyl sites for hydroxylation is 1. The lowest BCUT2D eigenvalue weighted by molar-refractivity contribution is 0.127. The van der Waals surface area contributed by atoms with E-state index in [-0.39, 0.29) is 0 Å². The summed E-state index contributed by atoms with van der Waals surface area (Å²) in [5.74, 6) is 0.365. The summed E-state index contributed by atoms with van der Waals surface area (Å²) in [7, 11) is 0. The van der Waals surface area contributed by atoms with Gasteiger partial charge in [0, 0.05) is 35.1 Å². The fourth-order valence-electron chi connectivity index (χ4n) is 5.04. The fourth-order valence-corrected chi connectivity index (χ4v) is 5.04. The highest BCUT2D eigenvalue weighted by molar-refractivity contribution is 5.87. The first kappa shape index (κ1) is 20.7. The maximum Gasteiger partial charge on any atom is 0.438 e. The molecule has 1 saturated carbocycles. The van der Waals surface area contributed by atoms with Gasteiger partial charge in [0.15, 0.2) is 5.82 Å². The van der Waals surface area contributed by atoms with Crippen molar-refractivity contribution in [2.45, 2.75) is 52.7 Å². The number of nitrogens with zero attached hydrogens (tertiary/aromatic N) is 3. The highest BCUT2D eigenvalue weighted by Gasteiger charge is 2.58. The third-order valence-electron chi connectivity index (χ3n) is 6.81. The molecule has 166 valence electrons. The third-order valence-corrected chi connectivity index (χ3v) is 6.81. The van der Waals surface area contributed by atoms with Crippen molar-refractivity contribution in [3.8, 4) is 11.1 Å². The lowest BCUT2D eigenvalue weighted by Crippen LogP contribution is -2.25. The maximum atomic E-state index is 11.7. The molecule has 0 aliphatic heterocycles. The number of aromatic amines is 1. The van der Waals surface area contributed by atoms with Gasteiger partial charge in [0.2, 0.25) is 0 Å². The number of fused-ring (bicyclic) bond motifs is 1. The topological polar surface area (TPSA) is 85.9 Å². The first-order valence-corrected chi connectivity index (χ1v) is 11.2. The quantitative estimate of drug-likeness (QED) is 0.462. The van der Waals surface area contributed by atoms with E-state index in [1.54, 1.807) is 0 Å². The maximum absolute atomic E-state index is 11.7. The summed E-state index contributed by atoms with van der Waals surface area (Å²) in [6.45, 7) is 9.56. The van der Waals surface area contributed by atoms with Crippen LogP contribution in [0.25, 0.3) is 22.0 Å². The fraction of sp³-hybridized carbons (Fsp3) is 0.400. The van der Waals surface area contributed by atoms with Gasteiger partial charge in [-0.25, -0.2) is 4.79 Å². The van der Waals surface area contributed by atoms with Crippen molar-refractivity contribution in [3.05, 3.63) is 69.9 Å². The second-order valence-corrected chi connectivity index (χ2v) is 8.64. The first-order chi connectivity index (χ1) is 15.5. The van der Waals surface area contributed by atoms with Crippen molar-refractivity contribution in [2.75, 3.05) is 6.61 Å². The van der Waals surface area contributed by atoms with E-state index in [0.29, 0.717) is 25.0 Å². The van der Waals surface area contributed by atoms with Crippen molar-refractivity contribution in [2.24, 2.45) is 5.92 Å². The smallest absolute Gasteiger partial charge is 0.376 e. The summed E-state index contributed by atoms with van der Waals surface area (Å²) < 4.78 is 13.0. The number of hydrogen-bond acceptors (Lipinski definition) is 5. The van der Waals surface area contributed by atoms with E-state index < -0.39 is 11.3 Å². The summed E-state index contributed by atoms with van der Waals surface area (Å²) in [5.41, 5.74) is 6.44. The van der Waals surface area contributed by atoms with E-state index >= 15 is 0 Å². The van der Waals surface area contributed by atoms with Crippen LogP contribution in [0.3, 0.4) is 0 Å². The molecular formula is C25H28N4O3. The SMILES string of the molecule is CCOCc1cc2cc(-c3ccnc(CC)c3C)ccc2n1[C@@]1(c2noc(=O)[nH]2)C[C@H]1C. The summed E-state index contributed by atoms with van der Waals surface area (Å²) in [6, 6.07) is 10.8. The summed E-state index contributed by atoms with van der Waals surface area (Å²) in [5, 5.41) is 5.20. The second-order valence-electron chi connectivity index (χ2n) is 8.64. The molecular weight excluding hydrogens is 404 g/mol. The Morgan fingerprint density at radius 3 is 2.75 bits per heavy atom. The minimum absolute atomic E-state index is 0.313. The minimum Gasteiger partial charge on any atom is -0.376 e. The molecule has 0 unspecified atom stereocenters. The first-order valence-electron chi connectivity index (χ1n) is 11.2. The van der Waals surface area contributed by atoms with Crippen molar-refractivity contribution >= 4 is 10.9 Å².